The summed E-state index contributed by atoms with van der Waals surface area (Å²) in [6.07, 6.45) is 3.16. The molecular weight excluding hydrogens is 416 g/mol. The number of anilines is 1. The van der Waals surface area contributed by atoms with Crippen molar-refractivity contribution in [3.8, 4) is 22.9 Å². The van der Waals surface area contributed by atoms with Gasteiger partial charge in [0.15, 0.2) is 0 Å². The van der Waals surface area contributed by atoms with Crippen LogP contribution in [0, 0.1) is 6.92 Å². The van der Waals surface area contributed by atoms with Gasteiger partial charge in [-0.15, -0.1) is 10.2 Å². The van der Waals surface area contributed by atoms with Gasteiger partial charge in [0, 0.05) is 22.4 Å². The number of hydrogen-bond donors (Lipinski definition) is 1. The van der Waals surface area contributed by atoms with Crippen LogP contribution in [0.25, 0.3) is 22.9 Å². The quantitative estimate of drug-likeness (QED) is 0.418. The van der Waals surface area contributed by atoms with E-state index in [2.05, 4.69) is 25.6 Å². The Labute approximate surface area is 189 Å². The number of carbonyl (C=O) groups excluding carboxylic acids is 1. The molecule has 8 heteroatoms. The molecule has 0 saturated carbocycles. The molecule has 0 unspecified atom stereocenters. The smallest absolute Gasteiger partial charge is 0.255 e. The van der Waals surface area contributed by atoms with E-state index in [1.165, 1.54) is 6.33 Å². The lowest BCUT2D eigenvalue weighted by atomic mass is 10.1. The fraction of sp³-hybridized carbons (Fsp3) is 0.0800. The molecule has 162 valence electrons. The van der Waals surface area contributed by atoms with E-state index in [1.807, 2.05) is 55.5 Å². The second-order valence-electron chi connectivity index (χ2n) is 7.60. The third kappa shape index (κ3) is 4.69. The first-order valence-corrected chi connectivity index (χ1v) is 10.4. The minimum atomic E-state index is -0.198. The maximum atomic E-state index is 12.6. The molecule has 0 aliphatic rings. The standard InChI is InChI=1S/C25H20N6O2/c1-17-2-6-20(7-3-17)24-29-30-25(33-24)21-10-8-19(9-11-21)23(32)28-22-12-4-18(5-13-22)14-31-16-26-15-27-31/h2-13,15-16H,14H2,1H3,(H,28,32). The van der Waals surface area contributed by atoms with Crippen LogP contribution in [-0.4, -0.2) is 30.9 Å². The van der Waals surface area contributed by atoms with Crippen molar-refractivity contribution in [1.82, 2.24) is 25.0 Å². The molecule has 3 aromatic carbocycles. The van der Waals surface area contributed by atoms with Gasteiger partial charge in [-0.1, -0.05) is 29.8 Å². The lowest BCUT2D eigenvalue weighted by Gasteiger charge is -2.07. The molecule has 1 amide bonds. The Bertz CT molecular complexity index is 1360. The van der Waals surface area contributed by atoms with Crippen molar-refractivity contribution in [2.75, 3.05) is 5.32 Å². The number of hydrogen-bond acceptors (Lipinski definition) is 6. The van der Waals surface area contributed by atoms with Gasteiger partial charge in [0.1, 0.15) is 12.7 Å². The average molecular weight is 436 g/mol. The van der Waals surface area contributed by atoms with Gasteiger partial charge in [-0.2, -0.15) is 5.10 Å². The van der Waals surface area contributed by atoms with Gasteiger partial charge >= 0.3 is 0 Å². The highest BCUT2D eigenvalue weighted by Crippen LogP contribution is 2.24. The summed E-state index contributed by atoms with van der Waals surface area (Å²) in [5.74, 6) is 0.663. The van der Waals surface area contributed by atoms with Gasteiger partial charge < -0.3 is 9.73 Å². The maximum Gasteiger partial charge on any atom is 0.255 e. The molecule has 2 heterocycles. The van der Waals surface area contributed by atoms with Crippen molar-refractivity contribution < 1.29 is 9.21 Å². The Morgan fingerprint density at radius 3 is 2.12 bits per heavy atom. The lowest BCUT2D eigenvalue weighted by Crippen LogP contribution is -2.11. The molecule has 5 rings (SSSR count). The first kappa shape index (κ1) is 20.3. The van der Waals surface area contributed by atoms with E-state index in [-0.39, 0.29) is 5.91 Å². The van der Waals surface area contributed by atoms with Crippen LogP contribution in [0.1, 0.15) is 21.5 Å². The summed E-state index contributed by atoms with van der Waals surface area (Å²) in [6.45, 7) is 2.65. The molecule has 0 bridgehead atoms. The van der Waals surface area contributed by atoms with Crippen LogP contribution in [0.2, 0.25) is 0 Å². The topological polar surface area (TPSA) is 98.7 Å². The van der Waals surface area contributed by atoms with E-state index >= 15 is 0 Å². The molecular formula is C25H20N6O2. The largest absolute Gasteiger partial charge is 0.416 e. The Balaban J connectivity index is 1.24. The Morgan fingerprint density at radius 1 is 0.879 bits per heavy atom. The van der Waals surface area contributed by atoms with Crippen molar-refractivity contribution in [1.29, 1.82) is 0 Å². The normalized spacial score (nSPS) is 10.8. The van der Waals surface area contributed by atoms with Crippen LogP contribution in [0.4, 0.5) is 5.69 Å². The summed E-state index contributed by atoms with van der Waals surface area (Å²) < 4.78 is 7.55. The summed E-state index contributed by atoms with van der Waals surface area (Å²) in [7, 11) is 0. The van der Waals surface area contributed by atoms with Gasteiger partial charge in [0.25, 0.3) is 5.91 Å². The van der Waals surface area contributed by atoms with Crippen LogP contribution in [-0.2, 0) is 6.54 Å². The van der Waals surface area contributed by atoms with Crippen molar-refractivity contribution in [2.24, 2.45) is 0 Å². The van der Waals surface area contributed by atoms with E-state index in [0.29, 0.717) is 29.6 Å². The zero-order valence-corrected chi connectivity index (χ0v) is 17.8. The first-order valence-electron chi connectivity index (χ1n) is 10.4. The molecule has 0 aliphatic heterocycles. The lowest BCUT2D eigenvalue weighted by molar-refractivity contribution is 0.102. The van der Waals surface area contributed by atoms with Crippen LogP contribution >= 0.6 is 0 Å². The molecule has 0 aliphatic carbocycles. The Hall–Kier alpha value is -4.59. The predicted octanol–water partition coefficient (Wildman–Crippen LogP) is 4.60. The first-order chi connectivity index (χ1) is 16.1. The SMILES string of the molecule is Cc1ccc(-c2nnc(-c3ccc(C(=O)Nc4ccc(Cn5cncn5)cc4)cc3)o2)cc1. The number of carbonyl (C=O) groups is 1. The number of nitrogens with one attached hydrogen (secondary N) is 1. The fourth-order valence-corrected chi connectivity index (χ4v) is 3.32. The number of benzene rings is 3. The van der Waals surface area contributed by atoms with Gasteiger partial charge in [-0.3, -0.25) is 4.79 Å². The molecule has 2 aromatic heterocycles. The zero-order chi connectivity index (χ0) is 22.6. The summed E-state index contributed by atoms with van der Waals surface area (Å²) in [5.41, 5.74) is 5.08. The average Bonchev–Trinajstić information content (AvgIpc) is 3.54. The molecule has 33 heavy (non-hydrogen) atoms. The Morgan fingerprint density at radius 2 is 1.52 bits per heavy atom. The summed E-state index contributed by atoms with van der Waals surface area (Å²) in [6, 6.07) is 22.6. The predicted molar refractivity (Wildman–Crippen MR) is 123 cm³/mol. The minimum Gasteiger partial charge on any atom is -0.416 e. The third-order valence-corrected chi connectivity index (χ3v) is 5.14. The van der Waals surface area contributed by atoms with Crippen molar-refractivity contribution >= 4 is 11.6 Å². The number of nitrogens with zero attached hydrogens (tertiary/aromatic N) is 5. The van der Waals surface area contributed by atoms with Gasteiger partial charge in [-0.25, -0.2) is 9.67 Å². The second-order valence-corrected chi connectivity index (χ2v) is 7.60. The fourth-order valence-electron chi connectivity index (χ4n) is 3.32. The van der Waals surface area contributed by atoms with E-state index in [1.54, 1.807) is 35.3 Å². The molecule has 0 radical (unpaired) electrons. The van der Waals surface area contributed by atoms with Crippen LogP contribution in [0.3, 0.4) is 0 Å². The number of aryl methyl sites for hydroxylation is 1. The Kier molecular flexibility index (Phi) is 5.47. The number of aromatic nitrogens is 5. The molecule has 0 atom stereocenters. The van der Waals surface area contributed by atoms with Gasteiger partial charge in [0.2, 0.25) is 11.8 Å². The van der Waals surface area contributed by atoms with Crippen molar-refractivity contribution in [2.45, 2.75) is 13.5 Å². The zero-order valence-electron chi connectivity index (χ0n) is 17.8. The molecule has 1 N–H and O–H groups in total. The van der Waals surface area contributed by atoms with Crippen molar-refractivity contribution in [3.63, 3.8) is 0 Å². The maximum absolute atomic E-state index is 12.6. The van der Waals surface area contributed by atoms with Gasteiger partial charge in [0.05, 0.1) is 6.54 Å². The summed E-state index contributed by atoms with van der Waals surface area (Å²) >= 11 is 0. The van der Waals surface area contributed by atoms with Crippen LogP contribution < -0.4 is 5.32 Å². The highest BCUT2D eigenvalue weighted by atomic mass is 16.4. The molecule has 0 fully saturated rings. The summed E-state index contributed by atoms with van der Waals surface area (Å²) in [4.78, 5) is 16.6. The van der Waals surface area contributed by atoms with E-state index < -0.39 is 0 Å². The second kappa shape index (κ2) is 8.88. The molecule has 0 saturated heterocycles. The van der Waals surface area contributed by atoms with Crippen LogP contribution in [0.15, 0.2) is 89.9 Å². The van der Waals surface area contributed by atoms with E-state index in [9.17, 15) is 4.79 Å². The van der Waals surface area contributed by atoms with E-state index in [0.717, 1.165) is 22.3 Å². The highest BCUT2D eigenvalue weighted by Gasteiger charge is 2.12. The molecule has 0 spiro atoms. The van der Waals surface area contributed by atoms with Crippen molar-refractivity contribution in [3.05, 3.63) is 102 Å². The molecule has 8 nitrogen and oxygen atoms in total. The highest BCUT2D eigenvalue weighted by molar-refractivity contribution is 6.04. The monoisotopic (exact) mass is 436 g/mol. The number of amides is 1. The van der Waals surface area contributed by atoms with Crippen LogP contribution in [0.5, 0.6) is 0 Å². The third-order valence-electron chi connectivity index (χ3n) is 5.14. The number of rotatable bonds is 6. The van der Waals surface area contributed by atoms with E-state index in [4.69, 9.17) is 4.42 Å². The molecule has 5 aromatic rings. The van der Waals surface area contributed by atoms with Gasteiger partial charge in [-0.05, 0) is 61.0 Å². The summed E-state index contributed by atoms with van der Waals surface area (Å²) in [5, 5.41) is 15.3. The minimum absolute atomic E-state index is 0.198.